The van der Waals surface area contributed by atoms with Crippen molar-refractivity contribution in [1.82, 2.24) is 20.2 Å². The predicted octanol–water partition coefficient (Wildman–Crippen LogP) is 3.93. The molecule has 0 atom stereocenters. The first-order valence-corrected chi connectivity index (χ1v) is 10.4. The van der Waals surface area contributed by atoms with Crippen LogP contribution in [-0.4, -0.2) is 53.2 Å². The number of hydrogen-bond acceptors (Lipinski definition) is 7. The number of hydrogen-bond donors (Lipinski definition) is 1. The molecule has 0 unspecified atom stereocenters. The summed E-state index contributed by atoms with van der Waals surface area (Å²) in [4.78, 5) is 8.73. The van der Waals surface area contributed by atoms with Crippen LogP contribution >= 0.6 is 0 Å². The number of ether oxygens (including phenoxy) is 3. The van der Waals surface area contributed by atoms with Gasteiger partial charge in [0, 0.05) is 29.6 Å². The lowest BCUT2D eigenvalue weighted by molar-refractivity contribution is 0.0355. The Balaban J connectivity index is 1.54. The van der Waals surface area contributed by atoms with Crippen molar-refractivity contribution in [2.75, 3.05) is 33.0 Å². The average Bonchev–Trinajstić information content (AvgIpc) is 3.28. The molecule has 3 rings (SSSR count). The second-order valence-electron chi connectivity index (χ2n) is 6.94. The maximum absolute atomic E-state index is 9.51. The molecule has 0 radical (unpaired) electrons. The van der Waals surface area contributed by atoms with Crippen molar-refractivity contribution in [3.63, 3.8) is 0 Å². The Labute approximate surface area is 182 Å². The number of H-pyrrole nitrogens is 1. The van der Waals surface area contributed by atoms with E-state index in [1.165, 1.54) is 0 Å². The molecule has 0 aliphatic rings. The Morgan fingerprint density at radius 1 is 1.00 bits per heavy atom. The Morgan fingerprint density at radius 2 is 1.81 bits per heavy atom. The highest BCUT2D eigenvalue weighted by Crippen LogP contribution is 2.26. The third-order valence-corrected chi connectivity index (χ3v) is 4.51. The molecule has 0 amide bonds. The summed E-state index contributed by atoms with van der Waals surface area (Å²) < 4.78 is 16.6. The van der Waals surface area contributed by atoms with Gasteiger partial charge in [0.1, 0.15) is 18.4 Å². The van der Waals surface area contributed by atoms with Gasteiger partial charge in [0.05, 0.1) is 25.4 Å². The van der Waals surface area contributed by atoms with Crippen LogP contribution in [0.25, 0.3) is 22.8 Å². The van der Waals surface area contributed by atoms with Gasteiger partial charge >= 0.3 is 0 Å². The number of nitrogens with zero attached hydrogens (tertiary/aromatic N) is 4. The first kappa shape index (κ1) is 22.4. The van der Waals surface area contributed by atoms with Crippen molar-refractivity contribution < 1.29 is 14.2 Å². The third kappa shape index (κ3) is 6.60. The maximum atomic E-state index is 9.51. The summed E-state index contributed by atoms with van der Waals surface area (Å²) in [6.45, 7) is 6.71. The highest BCUT2D eigenvalue weighted by molar-refractivity contribution is 5.64. The minimum Gasteiger partial charge on any atom is -0.490 e. The summed E-state index contributed by atoms with van der Waals surface area (Å²) in [5, 5.41) is 16.7. The number of rotatable bonds is 12. The molecule has 0 saturated carbocycles. The lowest BCUT2D eigenvalue weighted by Gasteiger charge is -2.09. The predicted molar refractivity (Wildman–Crippen MR) is 117 cm³/mol. The molecule has 0 aliphatic heterocycles. The van der Waals surface area contributed by atoms with Crippen LogP contribution in [0.5, 0.6) is 5.75 Å². The van der Waals surface area contributed by atoms with Gasteiger partial charge in [-0.3, -0.25) is 10.1 Å². The Hall–Kier alpha value is -3.28. The SMILES string of the molecule is CCCCOCCOCCOc1ccc(-c2n[nH]c(-c3ccnc(C)c3)n2)cc1C#N. The van der Waals surface area contributed by atoms with E-state index in [1.54, 1.807) is 18.3 Å². The molecule has 0 bridgehead atoms. The van der Waals surface area contributed by atoms with Gasteiger partial charge in [0.15, 0.2) is 11.6 Å². The van der Waals surface area contributed by atoms with Crippen molar-refractivity contribution in [3.05, 3.63) is 47.8 Å². The molecule has 0 saturated heterocycles. The van der Waals surface area contributed by atoms with Gasteiger partial charge in [-0.2, -0.15) is 10.4 Å². The van der Waals surface area contributed by atoms with Crippen molar-refractivity contribution in [2.45, 2.75) is 26.7 Å². The Bertz CT molecular complexity index is 1010. The molecule has 0 aliphatic carbocycles. The van der Waals surface area contributed by atoms with Crippen LogP contribution in [0.1, 0.15) is 31.0 Å². The molecule has 8 nitrogen and oxygen atoms in total. The third-order valence-electron chi connectivity index (χ3n) is 4.51. The van der Waals surface area contributed by atoms with E-state index in [9.17, 15) is 5.26 Å². The zero-order valence-electron chi connectivity index (χ0n) is 17.9. The Morgan fingerprint density at radius 3 is 2.58 bits per heavy atom. The fourth-order valence-corrected chi connectivity index (χ4v) is 2.87. The highest BCUT2D eigenvalue weighted by atomic mass is 16.5. The number of benzene rings is 1. The van der Waals surface area contributed by atoms with Crippen molar-refractivity contribution in [3.8, 4) is 34.6 Å². The molecule has 3 aromatic rings. The minimum atomic E-state index is 0.356. The van der Waals surface area contributed by atoms with E-state index >= 15 is 0 Å². The minimum absolute atomic E-state index is 0.356. The number of unbranched alkanes of at least 4 members (excludes halogenated alkanes) is 1. The summed E-state index contributed by atoms with van der Waals surface area (Å²) >= 11 is 0. The van der Waals surface area contributed by atoms with E-state index < -0.39 is 0 Å². The van der Waals surface area contributed by atoms with Crippen LogP contribution in [0.3, 0.4) is 0 Å². The first-order chi connectivity index (χ1) is 15.2. The van der Waals surface area contributed by atoms with Gasteiger partial charge in [0.25, 0.3) is 0 Å². The van der Waals surface area contributed by atoms with Gasteiger partial charge in [-0.25, -0.2) is 4.98 Å². The van der Waals surface area contributed by atoms with Crippen LogP contribution in [0.2, 0.25) is 0 Å². The summed E-state index contributed by atoms with van der Waals surface area (Å²) in [5.41, 5.74) is 2.96. The van der Waals surface area contributed by atoms with E-state index in [4.69, 9.17) is 14.2 Å². The fourth-order valence-electron chi connectivity index (χ4n) is 2.87. The van der Waals surface area contributed by atoms with Crippen LogP contribution in [0.4, 0.5) is 0 Å². The van der Waals surface area contributed by atoms with Crippen molar-refractivity contribution >= 4 is 0 Å². The van der Waals surface area contributed by atoms with E-state index in [2.05, 4.69) is 33.2 Å². The molecule has 31 heavy (non-hydrogen) atoms. The van der Waals surface area contributed by atoms with Gasteiger partial charge in [-0.15, -0.1) is 0 Å². The topological polar surface area (TPSA) is 106 Å². The first-order valence-electron chi connectivity index (χ1n) is 10.4. The van der Waals surface area contributed by atoms with E-state index in [1.807, 2.05) is 25.1 Å². The van der Waals surface area contributed by atoms with Gasteiger partial charge in [0.2, 0.25) is 0 Å². The molecule has 2 aromatic heterocycles. The normalized spacial score (nSPS) is 10.7. The van der Waals surface area contributed by atoms with E-state index in [0.717, 1.165) is 36.3 Å². The molecular weight excluding hydrogens is 394 g/mol. The zero-order chi connectivity index (χ0) is 21.9. The van der Waals surface area contributed by atoms with Gasteiger partial charge < -0.3 is 14.2 Å². The van der Waals surface area contributed by atoms with Crippen LogP contribution in [0.15, 0.2) is 36.5 Å². The second-order valence-corrected chi connectivity index (χ2v) is 6.94. The molecule has 1 N–H and O–H groups in total. The summed E-state index contributed by atoms with van der Waals surface area (Å²) in [6.07, 6.45) is 3.92. The van der Waals surface area contributed by atoms with Crippen molar-refractivity contribution in [2.24, 2.45) is 0 Å². The Kier molecular flexibility index (Phi) is 8.52. The standard InChI is InChI=1S/C23H27N5O3/c1-3-4-9-29-10-11-30-12-13-31-21-6-5-18(15-20(21)16-24)22-26-23(28-27-22)19-7-8-25-17(2)14-19/h5-8,14-15H,3-4,9-13H2,1-2H3,(H,26,27,28). The summed E-state index contributed by atoms with van der Waals surface area (Å²) in [7, 11) is 0. The largest absolute Gasteiger partial charge is 0.490 e. The zero-order valence-corrected chi connectivity index (χ0v) is 17.9. The highest BCUT2D eigenvalue weighted by Gasteiger charge is 2.11. The maximum Gasteiger partial charge on any atom is 0.181 e. The van der Waals surface area contributed by atoms with Crippen LogP contribution < -0.4 is 4.74 Å². The van der Waals surface area contributed by atoms with E-state index in [0.29, 0.717) is 49.4 Å². The summed E-state index contributed by atoms with van der Waals surface area (Å²) in [5.74, 6) is 1.67. The van der Waals surface area contributed by atoms with Crippen molar-refractivity contribution in [1.29, 1.82) is 5.26 Å². The average molecular weight is 422 g/mol. The molecule has 0 fully saturated rings. The number of aromatic amines is 1. The number of aryl methyl sites for hydroxylation is 1. The van der Waals surface area contributed by atoms with E-state index in [-0.39, 0.29) is 0 Å². The molecule has 2 heterocycles. The van der Waals surface area contributed by atoms with Gasteiger partial charge in [-0.1, -0.05) is 13.3 Å². The lowest BCUT2D eigenvalue weighted by atomic mass is 10.1. The number of nitriles is 1. The number of nitrogens with one attached hydrogen (secondary N) is 1. The van der Waals surface area contributed by atoms with Gasteiger partial charge in [-0.05, 0) is 43.7 Å². The monoisotopic (exact) mass is 421 g/mol. The fraction of sp³-hybridized carbons (Fsp3) is 0.391. The molecular formula is C23H27N5O3. The molecule has 0 spiro atoms. The van der Waals surface area contributed by atoms with Crippen LogP contribution in [0, 0.1) is 18.3 Å². The van der Waals surface area contributed by atoms with Crippen LogP contribution in [-0.2, 0) is 9.47 Å². The number of aromatic nitrogens is 4. The smallest absolute Gasteiger partial charge is 0.181 e. The second kappa shape index (κ2) is 11.8. The number of pyridine rings is 1. The molecule has 8 heteroatoms. The molecule has 162 valence electrons. The molecule has 1 aromatic carbocycles. The summed E-state index contributed by atoms with van der Waals surface area (Å²) in [6, 6.07) is 11.3. The quantitative estimate of drug-likeness (QED) is 0.442. The lowest BCUT2D eigenvalue weighted by Crippen LogP contribution is -2.11.